The topological polar surface area (TPSA) is 49.3 Å². The molecule has 0 unspecified atom stereocenters. The van der Waals surface area contributed by atoms with Crippen LogP contribution in [0.15, 0.2) is 52.1 Å². The van der Waals surface area contributed by atoms with E-state index in [9.17, 15) is 0 Å². The van der Waals surface area contributed by atoms with Gasteiger partial charge in [-0.2, -0.15) is 0 Å². The van der Waals surface area contributed by atoms with E-state index in [2.05, 4.69) is 19.0 Å². The van der Waals surface area contributed by atoms with Gasteiger partial charge in [-0.15, -0.1) is 0 Å². The van der Waals surface area contributed by atoms with Crippen LogP contribution in [0.2, 0.25) is 10.0 Å². The van der Waals surface area contributed by atoms with Gasteiger partial charge in [0.1, 0.15) is 42.4 Å². The highest BCUT2D eigenvalue weighted by molar-refractivity contribution is 6.55. The van der Waals surface area contributed by atoms with Crippen LogP contribution in [0.5, 0.6) is 17.2 Å². The molecule has 0 bridgehead atoms. The molecule has 0 saturated heterocycles. The minimum Gasteiger partial charge on any atom is -0.490 e. The first-order valence-electron chi connectivity index (χ1n) is 9.49. The Hall–Kier alpha value is -1.79. The van der Waals surface area contributed by atoms with E-state index in [0.29, 0.717) is 46.4 Å². The van der Waals surface area contributed by atoms with Gasteiger partial charge in [0.05, 0.1) is 16.3 Å². The van der Waals surface area contributed by atoms with Crippen molar-refractivity contribution in [1.82, 2.24) is 0 Å². The van der Waals surface area contributed by atoms with E-state index in [-0.39, 0.29) is 17.7 Å². The van der Waals surface area contributed by atoms with Gasteiger partial charge >= 0.3 is 0 Å². The molecule has 5 nitrogen and oxygen atoms in total. The average molecular weight is 507 g/mol. The Morgan fingerprint density at radius 3 is 2.19 bits per heavy atom. The summed E-state index contributed by atoms with van der Waals surface area (Å²) in [6, 6.07) is 10.7. The number of hydrogen-bond donors (Lipinski definition) is 0. The standard InChI is InChI=1S/C22H23Cl4NO4/c1-15(2)14-31-27-13-16-3-5-17(6-4-16)29-9-10-30-22-19(23)11-18(12-20(22)24)28-8-7-21(25)26/h3-7,11-13,15H,8-10,14H2,1-2H3. The summed E-state index contributed by atoms with van der Waals surface area (Å²) in [6.07, 6.45) is 3.17. The molecule has 168 valence electrons. The third kappa shape index (κ3) is 9.92. The summed E-state index contributed by atoms with van der Waals surface area (Å²) in [6.45, 7) is 5.48. The van der Waals surface area contributed by atoms with Crippen molar-refractivity contribution in [3.05, 3.63) is 62.6 Å². The van der Waals surface area contributed by atoms with E-state index in [1.165, 1.54) is 6.08 Å². The highest BCUT2D eigenvalue weighted by Gasteiger charge is 2.11. The molecule has 2 aromatic rings. The van der Waals surface area contributed by atoms with Crippen LogP contribution in [0.1, 0.15) is 19.4 Å². The second-order valence-corrected chi connectivity index (χ2v) is 8.53. The summed E-state index contributed by atoms with van der Waals surface area (Å²) in [4.78, 5) is 5.19. The number of benzene rings is 2. The molecule has 0 N–H and O–H groups in total. The van der Waals surface area contributed by atoms with Crippen molar-refractivity contribution >= 4 is 52.6 Å². The van der Waals surface area contributed by atoms with E-state index in [1.807, 2.05) is 24.3 Å². The second kappa shape index (κ2) is 13.6. The fourth-order valence-corrected chi connectivity index (χ4v) is 2.90. The van der Waals surface area contributed by atoms with Gasteiger partial charge in [0.25, 0.3) is 0 Å². The summed E-state index contributed by atoms with van der Waals surface area (Å²) in [7, 11) is 0. The Morgan fingerprint density at radius 1 is 0.935 bits per heavy atom. The van der Waals surface area contributed by atoms with Crippen LogP contribution in [0.4, 0.5) is 0 Å². The van der Waals surface area contributed by atoms with Crippen molar-refractivity contribution in [2.75, 3.05) is 26.4 Å². The third-order valence-electron chi connectivity index (χ3n) is 3.62. The summed E-state index contributed by atoms with van der Waals surface area (Å²) >= 11 is 23.6. The number of oxime groups is 1. The largest absolute Gasteiger partial charge is 0.490 e. The van der Waals surface area contributed by atoms with Crippen LogP contribution >= 0.6 is 46.4 Å². The van der Waals surface area contributed by atoms with Crippen LogP contribution in [0, 0.1) is 5.92 Å². The van der Waals surface area contributed by atoms with Gasteiger partial charge in [-0.05, 0) is 41.8 Å². The minimum absolute atomic E-state index is 0.121. The van der Waals surface area contributed by atoms with Gasteiger partial charge in [-0.1, -0.05) is 65.4 Å². The Morgan fingerprint density at radius 2 is 1.58 bits per heavy atom. The highest BCUT2D eigenvalue weighted by atomic mass is 35.5. The van der Waals surface area contributed by atoms with Crippen molar-refractivity contribution < 1.29 is 19.0 Å². The van der Waals surface area contributed by atoms with Gasteiger partial charge in [0.15, 0.2) is 5.75 Å². The molecule has 0 aromatic heterocycles. The zero-order chi connectivity index (χ0) is 22.6. The number of ether oxygens (including phenoxy) is 3. The normalized spacial score (nSPS) is 10.9. The van der Waals surface area contributed by atoms with Crippen molar-refractivity contribution in [3.63, 3.8) is 0 Å². The molecule has 2 aromatic carbocycles. The maximum atomic E-state index is 6.24. The smallest absolute Gasteiger partial charge is 0.156 e. The summed E-state index contributed by atoms with van der Waals surface area (Å²) < 4.78 is 16.9. The SMILES string of the molecule is CC(C)CON=Cc1ccc(OCCOc2c(Cl)cc(OCC=C(Cl)Cl)cc2Cl)cc1. The molecule has 0 spiro atoms. The van der Waals surface area contributed by atoms with E-state index in [4.69, 9.17) is 65.5 Å². The highest BCUT2D eigenvalue weighted by Crippen LogP contribution is 2.37. The first-order valence-corrected chi connectivity index (χ1v) is 11.0. The van der Waals surface area contributed by atoms with Crippen molar-refractivity contribution in [2.45, 2.75) is 13.8 Å². The quantitative estimate of drug-likeness (QED) is 0.174. The first-order chi connectivity index (χ1) is 14.8. The molecule has 0 aliphatic rings. The molecule has 0 saturated carbocycles. The van der Waals surface area contributed by atoms with Crippen molar-refractivity contribution in [1.29, 1.82) is 0 Å². The maximum Gasteiger partial charge on any atom is 0.156 e. The predicted molar refractivity (Wildman–Crippen MR) is 128 cm³/mol. The fourth-order valence-electron chi connectivity index (χ4n) is 2.20. The van der Waals surface area contributed by atoms with Crippen molar-refractivity contribution in [2.24, 2.45) is 11.1 Å². The van der Waals surface area contributed by atoms with Crippen LogP contribution in [0.3, 0.4) is 0 Å². The van der Waals surface area contributed by atoms with E-state index in [0.717, 1.165) is 5.56 Å². The molecule has 9 heteroatoms. The summed E-state index contributed by atoms with van der Waals surface area (Å²) in [5, 5.41) is 4.58. The molecular formula is C22H23Cl4NO4. The molecule has 0 aliphatic carbocycles. The Balaban J connectivity index is 1.78. The average Bonchev–Trinajstić information content (AvgIpc) is 2.70. The third-order valence-corrected chi connectivity index (χ3v) is 4.49. The lowest BCUT2D eigenvalue weighted by Gasteiger charge is -2.13. The molecule has 0 fully saturated rings. The van der Waals surface area contributed by atoms with Gasteiger partial charge in [0.2, 0.25) is 0 Å². The van der Waals surface area contributed by atoms with Crippen LogP contribution in [-0.4, -0.2) is 32.6 Å². The lowest BCUT2D eigenvalue weighted by Crippen LogP contribution is -2.09. The number of nitrogens with zero attached hydrogens (tertiary/aromatic N) is 1. The summed E-state index contributed by atoms with van der Waals surface area (Å²) in [5.74, 6) is 1.97. The van der Waals surface area contributed by atoms with Crippen LogP contribution in [-0.2, 0) is 4.84 Å². The Kier molecular flexibility index (Phi) is 11.2. The van der Waals surface area contributed by atoms with Gasteiger partial charge in [-0.3, -0.25) is 0 Å². The van der Waals surface area contributed by atoms with Crippen LogP contribution < -0.4 is 14.2 Å². The van der Waals surface area contributed by atoms with E-state index < -0.39 is 0 Å². The zero-order valence-corrected chi connectivity index (χ0v) is 20.1. The molecule has 2 rings (SSSR count). The predicted octanol–water partition coefficient (Wildman–Crippen LogP) is 7.16. The Labute approximate surface area is 202 Å². The molecule has 0 heterocycles. The van der Waals surface area contributed by atoms with Gasteiger partial charge in [-0.25, -0.2) is 0 Å². The first kappa shape index (κ1) is 25.5. The molecule has 31 heavy (non-hydrogen) atoms. The molecular weight excluding hydrogens is 484 g/mol. The van der Waals surface area contributed by atoms with Gasteiger partial charge in [0, 0.05) is 12.1 Å². The lowest BCUT2D eigenvalue weighted by molar-refractivity contribution is 0.120. The van der Waals surface area contributed by atoms with Gasteiger partial charge < -0.3 is 19.0 Å². The lowest BCUT2D eigenvalue weighted by atomic mass is 10.2. The maximum absolute atomic E-state index is 6.24. The molecule has 0 radical (unpaired) electrons. The van der Waals surface area contributed by atoms with E-state index in [1.54, 1.807) is 18.3 Å². The Bertz CT molecular complexity index is 859. The zero-order valence-electron chi connectivity index (χ0n) is 17.1. The summed E-state index contributed by atoms with van der Waals surface area (Å²) in [5.41, 5.74) is 0.914. The molecule has 0 amide bonds. The minimum atomic E-state index is 0.121. The number of rotatable bonds is 12. The van der Waals surface area contributed by atoms with E-state index >= 15 is 0 Å². The monoisotopic (exact) mass is 505 g/mol. The van der Waals surface area contributed by atoms with Crippen molar-refractivity contribution in [3.8, 4) is 17.2 Å². The number of halogens is 4. The fraction of sp³-hybridized carbons (Fsp3) is 0.318. The molecule has 0 atom stereocenters. The molecule has 0 aliphatic heterocycles. The number of hydrogen-bond acceptors (Lipinski definition) is 5. The van der Waals surface area contributed by atoms with Crippen LogP contribution in [0.25, 0.3) is 0 Å². The second-order valence-electron chi connectivity index (χ2n) is 6.71.